The fourth-order valence-corrected chi connectivity index (χ4v) is 16.9. The van der Waals surface area contributed by atoms with Crippen LogP contribution in [0.2, 0.25) is 0 Å². The number of nitrogens with zero attached hydrogens (tertiary/aromatic N) is 31. The highest BCUT2D eigenvalue weighted by Crippen LogP contribution is 2.31. The van der Waals surface area contributed by atoms with Gasteiger partial charge >= 0.3 is 5.97 Å². The number of hydrogen-bond donors (Lipinski definition) is 9. The van der Waals surface area contributed by atoms with E-state index in [1.165, 1.54) is 4.90 Å². The minimum atomic E-state index is -1.12. The molecule has 0 fully saturated rings. The molecule has 746 valence electrons. The lowest BCUT2D eigenvalue weighted by Gasteiger charge is -2.20. The lowest BCUT2D eigenvalue weighted by Crippen LogP contribution is -2.47. The number of azide groups is 2. The number of carbonyl (C=O) groups excluding carboxylic acids is 9. The van der Waals surface area contributed by atoms with Crippen LogP contribution < -0.4 is 46.2 Å². The number of Topliss-reactive ketones (excluding diaryl/α,β-unsaturated/α-hetero) is 1. The van der Waals surface area contributed by atoms with Gasteiger partial charge in [-0.2, -0.15) is 30.6 Å². The van der Waals surface area contributed by atoms with E-state index in [9.17, 15) is 47.9 Å². The average Bonchev–Trinajstić information content (AvgIpc) is 1.69. The number of aromatic carboxylic acids is 1. The van der Waals surface area contributed by atoms with Gasteiger partial charge in [-0.1, -0.05) is 132 Å². The van der Waals surface area contributed by atoms with Crippen molar-refractivity contribution in [2.24, 2.45) is 58.2 Å². The van der Waals surface area contributed by atoms with Crippen molar-refractivity contribution in [1.29, 1.82) is 0 Å². The summed E-state index contributed by atoms with van der Waals surface area (Å²) in [4.78, 5) is 152. The van der Waals surface area contributed by atoms with E-state index in [0.717, 1.165) is 96.8 Å². The molecule has 0 spiro atoms. The molecule has 5 aliphatic heterocycles. The first-order valence-electron chi connectivity index (χ1n) is 46.1. The first kappa shape index (κ1) is 102. The Bertz CT molecular complexity index is 6640. The second-order valence-corrected chi connectivity index (χ2v) is 34.8. The maximum absolute atomic E-state index is 12.8. The highest BCUT2D eigenvalue weighted by Gasteiger charge is 2.38. The van der Waals surface area contributed by atoms with Crippen LogP contribution in [-0.2, 0) is 142 Å². The molecule has 6 aliphatic rings. The average molecular weight is 1960 g/mol. The molecule has 0 radical (unpaired) electrons. The van der Waals surface area contributed by atoms with Gasteiger partial charge in [-0.05, 0) is 110 Å². The summed E-state index contributed by atoms with van der Waals surface area (Å²) in [5.74, 6) is -1.06. The van der Waals surface area contributed by atoms with Crippen LogP contribution in [0.5, 0.6) is 0 Å². The van der Waals surface area contributed by atoms with E-state index in [-0.39, 0.29) is 64.7 Å². The lowest BCUT2D eigenvalue weighted by atomic mass is 10.1. The van der Waals surface area contributed by atoms with Crippen LogP contribution in [-0.4, -0.2) is 255 Å². The molecule has 1 aliphatic carbocycles. The number of anilines is 5. The van der Waals surface area contributed by atoms with E-state index in [1.54, 1.807) is 89.1 Å². The van der Waals surface area contributed by atoms with Crippen LogP contribution in [0.1, 0.15) is 166 Å². The topological polar surface area (TPSA) is 640 Å². The van der Waals surface area contributed by atoms with E-state index in [0.29, 0.717) is 126 Å². The first-order chi connectivity index (χ1) is 69.2. The van der Waals surface area contributed by atoms with E-state index < -0.39 is 53.9 Å². The Kier molecular flexibility index (Phi) is 33.1. The van der Waals surface area contributed by atoms with E-state index in [2.05, 4.69) is 127 Å². The highest BCUT2D eigenvalue weighted by molar-refractivity contribution is 6.04. The number of carboxylic acids is 1. The third-order valence-electron chi connectivity index (χ3n) is 24.2. The highest BCUT2D eigenvalue weighted by atomic mass is 16.4. The van der Waals surface area contributed by atoms with Crippen molar-refractivity contribution in [3.63, 3.8) is 0 Å². The van der Waals surface area contributed by atoms with Crippen LogP contribution in [0.15, 0.2) is 169 Å². The molecule has 10 N–H and O–H groups in total. The maximum atomic E-state index is 12.8. The predicted octanol–water partition coefficient (Wildman–Crippen LogP) is 5.42. The molecule has 14 aromatic rings. The van der Waals surface area contributed by atoms with Crippen LogP contribution in [0.25, 0.3) is 20.9 Å². The minimum absolute atomic E-state index is 0.0143. The van der Waals surface area contributed by atoms with Crippen molar-refractivity contribution in [3.8, 4) is 0 Å². The third-order valence-corrected chi connectivity index (χ3v) is 24.2. The van der Waals surface area contributed by atoms with Gasteiger partial charge in [0.2, 0.25) is 47.0 Å². The molecule has 0 saturated carbocycles. The van der Waals surface area contributed by atoms with Gasteiger partial charge in [0, 0.05) is 162 Å². The zero-order valence-electron chi connectivity index (χ0n) is 81.0. The number of nitrogens with two attached hydrogens (primary N) is 1. The van der Waals surface area contributed by atoms with Crippen molar-refractivity contribution in [1.82, 2.24) is 135 Å². The molecule has 4 aromatic carbocycles. The quantitative estimate of drug-likeness (QED) is 0.0238. The molecule has 6 atom stereocenters. The van der Waals surface area contributed by atoms with E-state index >= 15 is 0 Å². The molecule has 4 unspecified atom stereocenters. The summed E-state index contributed by atoms with van der Waals surface area (Å²) in [6.07, 6.45) is 20.5. The number of aryl methyl sites for hydroxylation is 12. The van der Waals surface area contributed by atoms with Gasteiger partial charge in [0.1, 0.15) is 53.2 Å². The molecule has 20 rings (SSSR count). The van der Waals surface area contributed by atoms with Crippen molar-refractivity contribution < 1.29 is 53.1 Å². The molecule has 15 heterocycles. The number of H-pyrrole nitrogens is 4. The van der Waals surface area contributed by atoms with E-state index in [4.69, 9.17) is 21.9 Å². The molecule has 50 nitrogen and oxygen atoms in total. The Hall–Kier alpha value is -17.8. The Morgan fingerprint density at radius 2 is 0.625 bits per heavy atom. The van der Waals surface area contributed by atoms with Crippen molar-refractivity contribution in [3.05, 3.63) is 288 Å². The number of benzene rings is 4. The molecular formula is C94H109N39O11. The molecule has 0 saturated heterocycles. The monoisotopic (exact) mass is 1960 g/mol. The smallest absolute Gasteiger partial charge is 0.375 e. The van der Waals surface area contributed by atoms with Crippen molar-refractivity contribution in [2.45, 2.75) is 145 Å². The zero-order valence-corrected chi connectivity index (χ0v) is 81.0. The normalized spacial score (nSPS) is 17.2. The second-order valence-electron chi connectivity index (χ2n) is 34.8. The minimum Gasteiger partial charge on any atom is -0.475 e. The predicted molar refractivity (Wildman–Crippen MR) is 522 cm³/mol. The number of aromatic amines is 4. The summed E-state index contributed by atoms with van der Waals surface area (Å²) in [7, 11) is 19.5. The van der Waals surface area contributed by atoms with Crippen LogP contribution in [0.3, 0.4) is 0 Å². The lowest BCUT2D eigenvalue weighted by molar-refractivity contribution is -0.120. The molecular weight excluding hydrogens is 1850 g/mol. The van der Waals surface area contributed by atoms with Gasteiger partial charge in [-0.3, -0.25) is 91.6 Å². The number of carbonyl (C=O) groups is 10. The third kappa shape index (κ3) is 25.8. The summed E-state index contributed by atoms with van der Waals surface area (Å²) in [6, 6.07) is 35.6. The number of likely N-dealkylation sites (N-methyl/N-ethyl adjacent to an activating group) is 5. The Balaban J connectivity index is 0.000000136. The van der Waals surface area contributed by atoms with Gasteiger partial charge in [0.25, 0.3) is 23.5 Å². The standard InChI is InChI=1S/3C19H21N7O2.C10H9N3O2.C9H12N6O.C9H11N5O.C9H14N4O/c3*1-25-11-15-13(24-25)8-9-14(19(28)26(15)2)20-18(27)17-21-16(22-23-17)10-12-6-4-3-5-7-12;14-10(15)9-11-8(12-13-9)6-7-4-2-1-3-5-7;1-14-5-8-6(12-14)3-4-7(11-13-10)9(16)15(8)2;1-14-5-6-4-9(15)8(11-13-10)3-2-7(6)12-14;1-12-5-8-7(11-12)4-3-6(10)9(14)13(8)2/h3*3-7,11,14H,8-10H2,1-2H3,(H,20,27)(H,21,22,23);1-5H,6H2,(H,14,15)(H,11,12,13);5,7H,3-4H2,1-2H3;5,8H,2-4H2,1H3;5-6H,3-4,10H2,1-2H3/t2*14-;;;;;/m10...../s1. The molecule has 144 heavy (non-hydrogen) atoms. The number of fused-ring (bicyclic) bond motifs is 6. The van der Waals surface area contributed by atoms with Gasteiger partial charge < -0.3 is 51.3 Å². The van der Waals surface area contributed by atoms with Gasteiger partial charge in [-0.25, -0.2) is 24.7 Å². The molecule has 8 amide bonds. The Morgan fingerprint density at radius 1 is 0.361 bits per heavy atom. The number of amides is 8. The van der Waals surface area contributed by atoms with E-state index in [1.807, 2.05) is 195 Å². The summed E-state index contributed by atoms with van der Waals surface area (Å²) in [6.45, 7) is 0. The molecule has 0 bridgehead atoms. The molecule has 10 aromatic heterocycles. The number of carboxylic acid groups (broad SMARTS) is 1. The summed E-state index contributed by atoms with van der Waals surface area (Å²) in [5.41, 5.74) is 36.9. The van der Waals surface area contributed by atoms with Crippen LogP contribution >= 0.6 is 0 Å². The number of nitrogens with one attached hydrogen (secondary N) is 7. The zero-order chi connectivity index (χ0) is 103. The van der Waals surface area contributed by atoms with Crippen molar-refractivity contribution in [2.75, 3.05) is 59.7 Å². The second kappa shape index (κ2) is 46.8. The SMILES string of the molecule is CN1C(=O)C(N)CCc2nn(C)cc21.CN1C(=O)C(N=[N+]=[N-])CCc2nn(C)cc21.CN1C(=O)C(NC(=O)c2n[nH]c(Cc3ccccc3)n2)CCc2nn(C)cc21.CN1C(=O)[C@@H](NC(=O)c2n[nH]c(Cc3ccccc3)n2)CCc2nn(C)cc21.CN1C(=O)[C@H](NC(=O)c2n[nH]c(Cc3ccccc3)n2)CCc2nn(C)cc21.Cn1cc2c(n1)CCC(N=[N+]=[N-])C(=O)C2.O=C(O)c1n[nH]c(Cc2ccccc2)n1. The van der Waals surface area contributed by atoms with Crippen molar-refractivity contribution >= 4 is 87.4 Å². The summed E-state index contributed by atoms with van der Waals surface area (Å²) >= 11 is 0. The maximum Gasteiger partial charge on any atom is 0.375 e. The van der Waals surface area contributed by atoms with Gasteiger partial charge in [0.15, 0.2) is 0 Å². The van der Waals surface area contributed by atoms with Gasteiger partial charge in [-0.15, -0.1) is 20.4 Å². The Morgan fingerprint density at radius 3 is 0.944 bits per heavy atom. The summed E-state index contributed by atoms with van der Waals surface area (Å²) < 4.78 is 10.2. The fourth-order valence-electron chi connectivity index (χ4n) is 16.9. The first-order valence-corrected chi connectivity index (χ1v) is 46.1. The number of hydrogen-bond acceptors (Lipinski definition) is 27. The van der Waals surface area contributed by atoms with Crippen LogP contribution in [0.4, 0.5) is 28.4 Å². The van der Waals surface area contributed by atoms with Crippen LogP contribution in [0, 0.1) is 0 Å². The fraction of sp³-hybridized carbons (Fsp3) is 0.362. The van der Waals surface area contributed by atoms with Gasteiger partial charge in [0.05, 0.1) is 74.7 Å². The molecule has 50 heteroatoms. The number of aromatic nitrogens is 24. The Labute approximate surface area is 823 Å². The summed E-state index contributed by atoms with van der Waals surface area (Å²) in [5, 5.41) is 76.5. The largest absolute Gasteiger partial charge is 0.475 e. The number of ketones is 1. The number of rotatable bonds is 17.